The normalized spacial score (nSPS) is 18.5. The molecular weight excluding hydrogens is 285 g/mol. The first-order chi connectivity index (χ1) is 10.6. The van der Waals surface area contributed by atoms with Crippen molar-refractivity contribution in [1.29, 1.82) is 0 Å². The van der Waals surface area contributed by atoms with Gasteiger partial charge in [0.15, 0.2) is 0 Å². The maximum Gasteiger partial charge on any atom is 0.257 e. The number of carbonyl (C=O) groups excluding carboxylic acids is 1. The Hall–Kier alpha value is -2.21. The SMILES string of the molecule is Cc1n[nH]c(C)c1C1COCCN1C(=O)c1ccccc1F. The summed E-state index contributed by atoms with van der Waals surface area (Å²) < 4.78 is 19.5. The molecule has 0 radical (unpaired) electrons. The number of aromatic amines is 1. The lowest BCUT2D eigenvalue weighted by molar-refractivity contribution is -0.00325. The van der Waals surface area contributed by atoms with E-state index in [4.69, 9.17) is 4.74 Å². The second-order valence-electron chi connectivity index (χ2n) is 5.42. The molecule has 0 aliphatic carbocycles. The highest BCUT2D eigenvalue weighted by atomic mass is 19.1. The van der Waals surface area contributed by atoms with Crippen LogP contribution >= 0.6 is 0 Å². The van der Waals surface area contributed by atoms with E-state index in [0.29, 0.717) is 19.8 Å². The zero-order valence-electron chi connectivity index (χ0n) is 12.6. The summed E-state index contributed by atoms with van der Waals surface area (Å²) in [6, 6.07) is 5.81. The fraction of sp³-hybridized carbons (Fsp3) is 0.375. The van der Waals surface area contributed by atoms with Crippen molar-refractivity contribution in [3.63, 3.8) is 0 Å². The Bertz CT molecular complexity index is 679. The molecule has 116 valence electrons. The highest BCUT2D eigenvalue weighted by molar-refractivity contribution is 5.94. The van der Waals surface area contributed by atoms with Crippen molar-refractivity contribution in [1.82, 2.24) is 15.1 Å². The van der Waals surface area contributed by atoms with Crippen molar-refractivity contribution < 1.29 is 13.9 Å². The predicted octanol–water partition coefficient (Wildman–Crippen LogP) is 2.38. The Morgan fingerprint density at radius 1 is 1.41 bits per heavy atom. The summed E-state index contributed by atoms with van der Waals surface area (Å²) in [7, 11) is 0. The van der Waals surface area contributed by atoms with Crippen molar-refractivity contribution in [2.75, 3.05) is 19.8 Å². The van der Waals surface area contributed by atoms with Crippen molar-refractivity contribution in [3.05, 3.63) is 52.6 Å². The summed E-state index contributed by atoms with van der Waals surface area (Å²) in [5.41, 5.74) is 2.77. The van der Waals surface area contributed by atoms with Gasteiger partial charge in [-0.05, 0) is 26.0 Å². The fourth-order valence-corrected chi connectivity index (χ4v) is 2.93. The number of carbonyl (C=O) groups is 1. The molecule has 1 aromatic heterocycles. The first-order valence-corrected chi connectivity index (χ1v) is 7.24. The molecule has 1 aliphatic heterocycles. The monoisotopic (exact) mass is 303 g/mol. The summed E-state index contributed by atoms with van der Waals surface area (Å²) in [5, 5.41) is 7.11. The highest BCUT2D eigenvalue weighted by Crippen LogP contribution is 2.29. The van der Waals surface area contributed by atoms with Crippen LogP contribution in [0.3, 0.4) is 0 Å². The zero-order chi connectivity index (χ0) is 15.7. The van der Waals surface area contributed by atoms with Crippen LogP contribution in [0, 0.1) is 19.7 Å². The summed E-state index contributed by atoms with van der Waals surface area (Å²) >= 11 is 0. The molecule has 1 N–H and O–H groups in total. The lowest BCUT2D eigenvalue weighted by Crippen LogP contribution is -2.44. The number of morpholine rings is 1. The van der Waals surface area contributed by atoms with Crippen LogP contribution in [0.15, 0.2) is 24.3 Å². The quantitative estimate of drug-likeness (QED) is 0.926. The molecule has 0 saturated carbocycles. The zero-order valence-corrected chi connectivity index (χ0v) is 12.6. The van der Waals surface area contributed by atoms with Crippen molar-refractivity contribution >= 4 is 5.91 Å². The second-order valence-corrected chi connectivity index (χ2v) is 5.42. The minimum Gasteiger partial charge on any atom is -0.377 e. The van der Waals surface area contributed by atoms with Crippen molar-refractivity contribution in [3.8, 4) is 0 Å². The molecule has 1 aliphatic rings. The van der Waals surface area contributed by atoms with E-state index in [1.165, 1.54) is 12.1 Å². The summed E-state index contributed by atoms with van der Waals surface area (Å²) in [5.74, 6) is -0.815. The molecule has 0 spiro atoms. The summed E-state index contributed by atoms with van der Waals surface area (Å²) in [6.45, 7) is 5.07. The molecule has 1 saturated heterocycles. The number of aromatic nitrogens is 2. The molecule has 2 aromatic rings. The first kappa shape index (κ1) is 14.7. The number of nitrogens with zero attached hydrogens (tertiary/aromatic N) is 2. The number of rotatable bonds is 2. The van der Waals surface area contributed by atoms with E-state index in [0.717, 1.165) is 17.0 Å². The number of aryl methyl sites for hydroxylation is 2. The Balaban J connectivity index is 1.97. The molecule has 6 heteroatoms. The third kappa shape index (κ3) is 2.50. The second kappa shape index (κ2) is 5.88. The Morgan fingerprint density at radius 3 is 2.86 bits per heavy atom. The lowest BCUT2D eigenvalue weighted by Gasteiger charge is -2.36. The van der Waals surface area contributed by atoms with E-state index in [1.807, 2.05) is 13.8 Å². The number of benzene rings is 1. The van der Waals surface area contributed by atoms with E-state index in [-0.39, 0.29) is 17.5 Å². The van der Waals surface area contributed by atoms with Crippen LogP contribution in [0.1, 0.15) is 33.4 Å². The topological polar surface area (TPSA) is 58.2 Å². The maximum absolute atomic E-state index is 13.9. The molecule has 1 amide bonds. The van der Waals surface area contributed by atoms with E-state index in [1.54, 1.807) is 17.0 Å². The van der Waals surface area contributed by atoms with Gasteiger partial charge in [0.05, 0.1) is 30.5 Å². The van der Waals surface area contributed by atoms with Crippen LogP contribution in [-0.4, -0.2) is 40.8 Å². The van der Waals surface area contributed by atoms with Crippen LogP contribution in [0.5, 0.6) is 0 Å². The van der Waals surface area contributed by atoms with Crippen LogP contribution in [0.2, 0.25) is 0 Å². The maximum atomic E-state index is 13.9. The molecule has 3 rings (SSSR count). The molecule has 0 bridgehead atoms. The van der Waals surface area contributed by atoms with Gasteiger partial charge in [0.1, 0.15) is 5.82 Å². The smallest absolute Gasteiger partial charge is 0.257 e. The van der Waals surface area contributed by atoms with Gasteiger partial charge in [0.25, 0.3) is 5.91 Å². The Labute approximate surface area is 128 Å². The van der Waals surface area contributed by atoms with Gasteiger partial charge in [-0.2, -0.15) is 5.10 Å². The molecule has 5 nitrogen and oxygen atoms in total. The molecule has 1 fully saturated rings. The average molecular weight is 303 g/mol. The van der Waals surface area contributed by atoms with E-state index >= 15 is 0 Å². The van der Waals surface area contributed by atoms with Crippen molar-refractivity contribution in [2.45, 2.75) is 19.9 Å². The summed E-state index contributed by atoms with van der Waals surface area (Å²) in [4.78, 5) is 14.4. The van der Waals surface area contributed by atoms with E-state index in [2.05, 4.69) is 10.2 Å². The van der Waals surface area contributed by atoms with Gasteiger partial charge in [-0.25, -0.2) is 4.39 Å². The van der Waals surface area contributed by atoms with Gasteiger partial charge in [0.2, 0.25) is 0 Å². The van der Waals surface area contributed by atoms with Gasteiger partial charge in [0, 0.05) is 17.8 Å². The van der Waals surface area contributed by atoms with Crippen LogP contribution < -0.4 is 0 Å². The molecular formula is C16H18FN3O2. The number of hydrogen-bond acceptors (Lipinski definition) is 3. The standard InChI is InChI=1S/C16H18FN3O2/c1-10-15(11(2)19-18-10)14-9-22-8-7-20(14)16(21)12-5-3-4-6-13(12)17/h3-6,14H,7-9H2,1-2H3,(H,18,19). The van der Waals surface area contributed by atoms with Crippen LogP contribution in [-0.2, 0) is 4.74 Å². The lowest BCUT2D eigenvalue weighted by atomic mass is 10.0. The number of H-pyrrole nitrogens is 1. The fourth-order valence-electron chi connectivity index (χ4n) is 2.93. The largest absolute Gasteiger partial charge is 0.377 e. The van der Waals surface area contributed by atoms with Crippen molar-refractivity contribution in [2.24, 2.45) is 0 Å². The van der Waals surface area contributed by atoms with Crippen LogP contribution in [0.4, 0.5) is 4.39 Å². The van der Waals surface area contributed by atoms with E-state index in [9.17, 15) is 9.18 Å². The summed E-state index contributed by atoms with van der Waals surface area (Å²) in [6.07, 6.45) is 0. The minimum atomic E-state index is -0.502. The third-order valence-corrected chi connectivity index (χ3v) is 4.01. The Morgan fingerprint density at radius 2 is 2.18 bits per heavy atom. The molecule has 22 heavy (non-hydrogen) atoms. The van der Waals surface area contributed by atoms with Gasteiger partial charge < -0.3 is 9.64 Å². The molecule has 1 unspecified atom stereocenters. The van der Waals surface area contributed by atoms with Crippen LogP contribution in [0.25, 0.3) is 0 Å². The first-order valence-electron chi connectivity index (χ1n) is 7.24. The molecule has 1 atom stereocenters. The molecule has 2 heterocycles. The highest BCUT2D eigenvalue weighted by Gasteiger charge is 2.33. The van der Waals surface area contributed by atoms with Gasteiger partial charge in [-0.1, -0.05) is 12.1 Å². The van der Waals surface area contributed by atoms with E-state index < -0.39 is 5.82 Å². The van der Waals surface area contributed by atoms with Gasteiger partial charge in [-0.3, -0.25) is 9.89 Å². The molecule has 1 aromatic carbocycles. The number of amides is 1. The number of hydrogen-bond donors (Lipinski definition) is 1. The van der Waals surface area contributed by atoms with Gasteiger partial charge >= 0.3 is 0 Å². The average Bonchev–Trinajstić information content (AvgIpc) is 2.86. The minimum absolute atomic E-state index is 0.0909. The number of halogens is 1. The predicted molar refractivity (Wildman–Crippen MR) is 79.1 cm³/mol. The third-order valence-electron chi connectivity index (χ3n) is 4.01. The van der Waals surface area contributed by atoms with Gasteiger partial charge in [-0.15, -0.1) is 0 Å². The number of nitrogens with one attached hydrogen (secondary N) is 1. The number of ether oxygens (including phenoxy) is 1. The Kier molecular flexibility index (Phi) is 3.94.